The fourth-order valence-corrected chi connectivity index (χ4v) is 4.75. The van der Waals surface area contributed by atoms with Gasteiger partial charge in [0.25, 0.3) is 5.91 Å². The van der Waals surface area contributed by atoms with Gasteiger partial charge in [-0.2, -0.15) is 0 Å². The van der Waals surface area contributed by atoms with Crippen LogP contribution in [0.15, 0.2) is 42.6 Å². The van der Waals surface area contributed by atoms with Crippen molar-refractivity contribution in [2.45, 2.75) is 118 Å². The number of hydrogen-bond acceptors (Lipinski definition) is 4. The maximum Gasteiger partial charge on any atom is 0.267 e. The third-order valence-electron chi connectivity index (χ3n) is 7.22. The molecular weight excluding hydrogens is 488 g/mol. The van der Waals surface area contributed by atoms with Crippen LogP contribution >= 0.6 is 0 Å². The van der Waals surface area contributed by atoms with E-state index in [0.29, 0.717) is 12.4 Å². The van der Waals surface area contributed by atoms with E-state index in [1.54, 1.807) is 0 Å². The maximum atomic E-state index is 12.9. The quantitative estimate of drug-likeness (QED) is 0.130. The fourth-order valence-electron chi connectivity index (χ4n) is 4.75. The van der Waals surface area contributed by atoms with Crippen molar-refractivity contribution in [3.63, 3.8) is 0 Å². The van der Waals surface area contributed by atoms with Crippen LogP contribution < -0.4 is 14.0 Å². The highest BCUT2D eigenvalue weighted by molar-refractivity contribution is 5.94. The summed E-state index contributed by atoms with van der Waals surface area (Å²) in [5.74, 6) is 0.713. The van der Waals surface area contributed by atoms with E-state index >= 15 is 0 Å². The summed E-state index contributed by atoms with van der Waals surface area (Å²) >= 11 is 0. The molecule has 6 heteroatoms. The first-order valence-corrected chi connectivity index (χ1v) is 15.1. The third-order valence-corrected chi connectivity index (χ3v) is 7.22. The summed E-state index contributed by atoms with van der Waals surface area (Å²) in [5.41, 5.74) is 1.76. The Morgan fingerprint density at radius 3 is 1.95 bits per heavy atom. The van der Waals surface area contributed by atoms with Gasteiger partial charge in [-0.25, -0.2) is 4.57 Å². The van der Waals surface area contributed by atoms with E-state index in [1.165, 1.54) is 82.5 Å². The molecule has 0 saturated carbocycles. The zero-order valence-electron chi connectivity index (χ0n) is 24.9. The van der Waals surface area contributed by atoms with Gasteiger partial charge in [-0.05, 0) is 32.4 Å². The number of aromatic nitrogens is 1. The number of pyridine rings is 1. The number of hydrogen-bond donors (Lipinski definition) is 0. The molecular formula is C33H51N2O4+. The Kier molecular flexibility index (Phi) is 15.9. The van der Waals surface area contributed by atoms with Crippen LogP contribution in [0.3, 0.4) is 0 Å². The topological polar surface area (TPSA) is 59.7 Å². The highest BCUT2D eigenvalue weighted by atomic mass is 16.5. The molecule has 1 aromatic carbocycles. The molecule has 0 aliphatic rings. The van der Waals surface area contributed by atoms with E-state index in [-0.39, 0.29) is 25.0 Å². The number of aryl methyl sites for hydroxylation is 1. The van der Waals surface area contributed by atoms with E-state index < -0.39 is 0 Å². The molecule has 0 bridgehead atoms. The SMILES string of the molecule is CCCCCCCCCCCCCCOc1cccc(OCC(=O)N(Cc2cccc[n+]2CC)C(C)=O)c1C. The smallest absolute Gasteiger partial charge is 0.267 e. The second-order valence-corrected chi connectivity index (χ2v) is 10.4. The lowest BCUT2D eigenvalue weighted by atomic mass is 10.1. The van der Waals surface area contributed by atoms with Crippen LogP contribution in [-0.4, -0.2) is 29.9 Å². The minimum atomic E-state index is -0.365. The second-order valence-electron chi connectivity index (χ2n) is 10.4. The average Bonchev–Trinajstić information content (AvgIpc) is 2.94. The van der Waals surface area contributed by atoms with Crippen molar-refractivity contribution in [3.05, 3.63) is 53.9 Å². The molecule has 1 aromatic heterocycles. The molecule has 6 nitrogen and oxygen atoms in total. The summed E-state index contributed by atoms with van der Waals surface area (Å²) in [6.07, 6.45) is 17.7. The minimum Gasteiger partial charge on any atom is -0.493 e. The summed E-state index contributed by atoms with van der Waals surface area (Å²) in [6.45, 7) is 9.09. The van der Waals surface area contributed by atoms with Crippen molar-refractivity contribution in [2.75, 3.05) is 13.2 Å². The number of carbonyl (C=O) groups excluding carboxylic acids is 2. The molecule has 2 rings (SSSR count). The average molecular weight is 540 g/mol. The monoisotopic (exact) mass is 539 g/mol. The van der Waals surface area contributed by atoms with Gasteiger partial charge < -0.3 is 9.47 Å². The van der Waals surface area contributed by atoms with Crippen molar-refractivity contribution in [3.8, 4) is 11.5 Å². The summed E-state index contributed by atoms with van der Waals surface area (Å²) in [6, 6.07) is 11.4. The largest absolute Gasteiger partial charge is 0.493 e. The normalized spacial score (nSPS) is 10.9. The molecule has 0 saturated heterocycles. The lowest BCUT2D eigenvalue weighted by Crippen LogP contribution is -2.44. The maximum absolute atomic E-state index is 12.9. The van der Waals surface area contributed by atoms with Gasteiger partial charge in [-0.1, -0.05) is 89.7 Å². The summed E-state index contributed by atoms with van der Waals surface area (Å²) < 4.78 is 13.9. The number of amides is 2. The number of rotatable bonds is 20. The van der Waals surface area contributed by atoms with E-state index in [9.17, 15) is 9.59 Å². The van der Waals surface area contributed by atoms with Gasteiger partial charge in [0.2, 0.25) is 11.6 Å². The molecule has 2 amide bonds. The zero-order chi connectivity index (χ0) is 28.3. The summed E-state index contributed by atoms with van der Waals surface area (Å²) in [5, 5.41) is 0. The first-order chi connectivity index (χ1) is 19.0. The second kappa shape index (κ2) is 19.2. The molecule has 216 valence electrons. The van der Waals surface area contributed by atoms with Crippen LogP contribution in [0.2, 0.25) is 0 Å². The van der Waals surface area contributed by atoms with Gasteiger partial charge in [0.05, 0.1) is 6.61 Å². The Labute approximate surface area is 236 Å². The number of ether oxygens (including phenoxy) is 2. The summed E-state index contributed by atoms with van der Waals surface area (Å²) in [4.78, 5) is 26.4. The van der Waals surface area contributed by atoms with Crippen LogP contribution in [0.1, 0.15) is 109 Å². The lowest BCUT2D eigenvalue weighted by molar-refractivity contribution is -0.701. The minimum absolute atomic E-state index is 0.207. The Hall–Kier alpha value is -2.89. The van der Waals surface area contributed by atoms with Gasteiger partial charge in [0.15, 0.2) is 12.8 Å². The third kappa shape index (κ3) is 12.2. The van der Waals surface area contributed by atoms with Crippen molar-refractivity contribution in [1.29, 1.82) is 0 Å². The highest BCUT2D eigenvalue weighted by Crippen LogP contribution is 2.27. The molecule has 0 spiro atoms. The van der Waals surface area contributed by atoms with Gasteiger partial charge in [0.1, 0.15) is 24.6 Å². The van der Waals surface area contributed by atoms with Crippen LogP contribution in [0.4, 0.5) is 0 Å². The standard InChI is InChI=1S/C33H51N2O4/c1-5-7-8-9-10-11-12-13-14-15-16-19-25-38-31-22-20-23-32(28(31)3)39-27-33(37)35(29(4)36)26-30-21-17-18-24-34(30)6-2/h17-18,20-24H,5-16,19,25-27H2,1-4H3/q+1. The van der Waals surface area contributed by atoms with Gasteiger partial charge in [0, 0.05) is 24.6 Å². The number of imide groups is 1. The first kappa shape index (κ1) is 32.3. The molecule has 0 radical (unpaired) electrons. The van der Waals surface area contributed by atoms with Crippen molar-refractivity contribution >= 4 is 11.8 Å². The molecule has 1 heterocycles. The number of nitrogens with zero attached hydrogens (tertiary/aromatic N) is 2. The van der Waals surface area contributed by atoms with Gasteiger partial charge in [-0.3, -0.25) is 14.5 Å². The molecule has 2 aromatic rings. The number of unbranched alkanes of at least 4 members (excludes halogenated alkanes) is 11. The highest BCUT2D eigenvalue weighted by Gasteiger charge is 2.23. The van der Waals surface area contributed by atoms with E-state index in [4.69, 9.17) is 9.47 Å². The molecule has 0 atom stereocenters. The molecule has 0 aliphatic heterocycles. The molecule has 0 unspecified atom stereocenters. The predicted molar refractivity (Wildman–Crippen MR) is 157 cm³/mol. The molecule has 0 N–H and O–H groups in total. The van der Waals surface area contributed by atoms with Gasteiger partial charge >= 0.3 is 0 Å². The van der Waals surface area contributed by atoms with Crippen LogP contribution in [0.25, 0.3) is 0 Å². The summed E-state index contributed by atoms with van der Waals surface area (Å²) in [7, 11) is 0. The van der Waals surface area contributed by atoms with Crippen molar-refractivity contribution in [1.82, 2.24) is 4.90 Å². The predicted octanol–water partition coefficient (Wildman–Crippen LogP) is 7.34. The Bertz CT molecular complexity index is 991. The van der Waals surface area contributed by atoms with E-state index in [0.717, 1.165) is 30.0 Å². The Morgan fingerprint density at radius 1 is 0.769 bits per heavy atom. The van der Waals surface area contributed by atoms with Crippen LogP contribution in [-0.2, 0) is 22.7 Å². The van der Waals surface area contributed by atoms with E-state index in [2.05, 4.69) is 6.92 Å². The fraction of sp³-hybridized carbons (Fsp3) is 0.606. The Balaban J connectivity index is 1.71. The number of carbonyl (C=O) groups is 2. The molecule has 0 aliphatic carbocycles. The van der Waals surface area contributed by atoms with Gasteiger partial charge in [-0.15, -0.1) is 0 Å². The lowest BCUT2D eigenvalue weighted by Gasteiger charge is -2.19. The van der Waals surface area contributed by atoms with Crippen LogP contribution in [0, 0.1) is 6.92 Å². The van der Waals surface area contributed by atoms with Crippen LogP contribution in [0.5, 0.6) is 11.5 Å². The first-order valence-electron chi connectivity index (χ1n) is 15.1. The number of benzene rings is 1. The van der Waals surface area contributed by atoms with E-state index in [1.807, 2.05) is 61.0 Å². The Morgan fingerprint density at radius 2 is 1.36 bits per heavy atom. The van der Waals surface area contributed by atoms with Crippen molar-refractivity contribution < 1.29 is 23.6 Å². The van der Waals surface area contributed by atoms with Crippen molar-refractivity contribution in [2.24, 2.45) is 0 Å². The zero-order valence-corrected chi connectivity index (χ0v) is 24.9. The molecule has 0 fully saturated rings. The molecule has 39 heavy (non-hydrogen) atoms.